The van der Waals surface area contributed by atoms with E-state index < -0.39 is 0 Å². The first-order chi connectivity index (χ1) is 10.5. The maximum Gasteiger partial charge on any atom is 0.307 e. The van der Waals surface area contributed by atoms with Gasteiger partial charge in [-0.05, 0) is 38.9 Å². The summed E-state index contributed by atoms with van der Waals surface area (Å²) < 4.78 is 4.69. The lowest BCUT2D eigenvalue weighted by Gasteiger charge is -2.27. The number of hydrogen-bond donors (Lipinski definition) is 0. The first-order valence-electron chi connectivity index (χ1n) is 8.61. The van der Waals surface area contributed by atoms with Crippen LogP contribution in [0.2, 0.25) is 0 Å². The molecule has 5 heteroatoms. The number of carbonyl (C=O) groups excluding carboxylic acids is 2. The van der Waals surface area contributed by atoms with Crippen molar-refractivity contribution in [2.45, 2.75) is 53.4 Å². The summed E-state index contributed by atoms with van der Waals surface area (Å²) in [5, 5.41) is 0. The van der Waals surface area contributed by atoms with Crippen molar-refractivity contribution in [3.05, 3.63) is 0 Å². The molecule has 0 unspecified atom stereocenters. The molecule has 0 aromatic heterocycles. The van der Waals surface area contributed by atoms with Crippen LogP contribution in [0.15, 0.2) is 0 Å². The number of ether oxygens (including phenoxy) is 1. The highest BCUT2D eigenvalue weighted by molar-refractivity contribution is 5.79. The Morgan fingerprint density at radius 3 is 2.00 bits per heavy atom. The summed E-state index contributed by atoms with van der Waals surface area (Å²) in [6.45, 7) is 12.6. The highest BCUT2D eigenvalue weighted by Gasteiger charge is 2.22. The van der Waals surface area contributed by atoms with Crippen LogP contribution >= 0.6 is 0 Å². The van der Waals surface area contributed by atoms with Gasteiger partial charge in [0.1, 0.15) is 0 Å². The van der Waals surface area contributed by atoms with Crippen molar-refractivity contribution >= 4 is 11.9 Å². The Morgan fingerprint density at radius 2 is 1.55 bits per heavy atom. The zero-order valence-corrected chi connectivity index (χ0v) is 15.1. The van der Waals surface area contributed by atoms with Crippen LogP contribution in [-0.2, 0) is 14.3 Å². The van der Waals surface area contributed by atoms with Crippen LogP contribution in [0.4, 0.5) is 0 Å². The van der Waals surface area contributed by atoms with Gasteiger partial charge in [-0.3, -0.25) is 9.59 Å². The average Bonchev–Trinajstić information content (AvgIpc) is 2.54. The van der Waals surface area contributed by atoms with Crippen LogP contribution in [0.3, 0.4) is 0 Å². The molecule has 0 aromatic carbocycles. The number of amides is 1. The minimum atomic E-state index is -0.258. The number of hydrogen-bond acceptors (Lipinski definition) is 4. The van der Waals surface area contributed by atoms with E-state index in [4.69, 9.17) is 0 Å². The monoisotopic (exact) mass is 314 g/mol. The third-order valence-electron chi connectivity index (χ3n) is 4.26. The highest BCUT2D eigenvalue weighted by Crippen LogP contribution is 2.13. The second kappa shape index (κ2) is 12.4. The molecule has 22 heavy (non-hydrogen) atoms. The van der Waals surface area contributed by atoms with E-state index in [1.54, 1.807) is 0 Å². The van der Waals surface area contributed by atoms with Gasteiger partial charge in [0.25, 0.3) is 0 Å². The Balaban J connectivity index is 4.57. The fraction of sp³-hybridized carbons (Fsp3) is 0.882. The lowest BCUT2D eigenvalue weighted by molar-refractivity contribution is -0.142. The Hall–Kier alpha value is -1.10. The molecule has 0 aliphatic rings. The zero-order chi connectivity index (χ0) is 17.0. The SMILES string of the molecule is CCC(CC)C(=O)N(CCCN(CC)CC)CCC(=O)OC. The lowest BCUT2D eigenvalue weighted by atomic mass is 10.0. The Morgan fingerprint density at radius 1 is 0.955 bits per heavy atom. The maximum atomic E-state index is 12.6. The van der Waals surface area contributed by atoms with Gasteiger partial charge in [0, 0.05) is 19.0 Å². The Kier molecular flexibility index (Phi) is 11.8. The Bertz CT molecular complexity index is 313. The Labute approximate surface area is 136 Å². The van der Waals surface area contributed by atoms with Gasteiger partial charge in [-0.25, -0.2) is 0 Å². The molecule has 0 heterocycles. The summed E-state index contributed by atoms with van der Waals surface area (Å²) in [6, 6.07) is 0. The van der Waals surface area contributed by atoms with Crippen LogP contribution in [0.1, 0.15) is 53.4 Å². The van der Waals surface area contributed by atoms with E-state index in [0.717, 1.165) is 38.9 Å². The molecular weight excluding hydrogens is 280 g/mol. The summed E-state index contributed by atoms with van der Waals surface area (Å²) in [5.41, 5.74) is 0. The standard InChI is InChI=1S/C17H34N2O3/c1-6-15(7-2)17(21)19(14-11-16(20)22-5)13-10-12-18(8-3)9-4/h15H,6-14H2,1-5H3. The first-order valence-corrected chi connectivity index (χ1v) is 8.61. The molecule has 0 rings (SSSR count). The zero-order valence-electron chi connectivity index (χ0n) is 15.1. The van der Waals surface area contributed by atoms with Crippen molar-refractivity contribution in [1.82, 2.24) is 9.80 Å². The largest absolute Gasteiger partial charge is 0.469 e. The average molecular weight is 314 g/mol. The van der Waals surface area contributed by atoms with Crippen molar-refractivity contribution in [1.29, 1.82) is 0 Å². The van der Waals surface area contributed by atoms with Crippen LogP contribution in [0.5, 0.6) is 0 Å². The predicted molar refractivity (Wildman–Crippen MR) is 89.7 cm³/mol. The van der Waals surface area contributed by atoms with Crippen molar-refractivity contribution in [3.8, 4) is 0 Å². The van der Waals surface area contributed by atoms with E-state index in [0.29, 0.717) is 13.1 Å². The number of methoxy groups -OCH3 is 1. The molecule has 0 bridgehead atoms. The van der Waals surface area contributed by atoms with Gasteiger partial charge in [0.15, 0.2) is 0 Å². The molecule has 0 aliphatic carbocycles. The van der Waals surface area contributed by atoms with E-state index in [1.807, 2.05) is 18.7 Å². The molecule has 0 saturated heterocycles. The topological polar surface area (TPSA) is 49.9 Å². The van der Waals surface area contributed by atoms with Crippen molar-refractivity contribution in [2.75, 3.05) is 39.8 Å². The molecular formula is C17H34N2O3. The van der Waals surface area contributed by atoms with E-state index in [2.05, 4.69) is 23.5 Å². The minimum absolute atomic E-state index is 0.0612. The lowest BCUT2D eigenvalue weighted by Crippen LogP contribution is -2.39. The molecule has 0 aliphatic heterocycles. The molecule has 0 N–H and O–H groups in total. The first kappa shape index (κ1) is 20.9. The second-order valence-corrected chi connectivity index (χ2v) is 5.55. The van der Waals surface area contributed by atoms with Crippen LogP contribution in [-0.4, -0.2) is 61.5 Å². The van der Waals surface area contributed by atoms with E-state index in [-0.39, 0.29) is 24.2 Å². The van der Waals surface area contributed by atoms with Gasteiger partial charge >= 0.3 is 5.97 Å². The third kappa shape index (κ3) is 7.78. The summed E-state index contributed by atoms with van der Waals surface area (Å²) in [4.78, 5) is 28.1. The molecule has 130 valence electrons. The number of esters is 1. The van der Waals surface area contributed by atoms with E-state index >= 15 is 0 Å². The molecule has 0 radical (unpaired) electrons. The predicted octanol–water partition coefficient (Wildman–Crippen LogP) is 2.55. The van der Waals surface area contributed by atoms with Crippen molar-refractivity contribution in [3.63, 3.8) is 0 Å². The summed E-state index contributed by atoms with van der Waals surface area (Å²) in [6.07, 6.45) is 2.91. The van der Waals surface area contributed by atoms with Gasteiger partial charge in [-0.1, -0.05) is 27.7 Å². The highest BCUT2D eigenvalue weighted by atomic mass is 16.5. The number of rotatable bonds is 12. The fourth-order valence-corrected chi connectivity index (χ4v) is 2.58. The molecule has 5 nitrogen and oxygen atoms in total. The normalized spacial score (nSPS) is 11.0. The molecule has 0 spiro atoms. The third-order valence-corrected chi connectivity index (χ3v) is 4.26. The van der Waals surface area contributed by atoms with Crippen molar-refractivity contribution < 1.29 is 14.3 Å². The smallest absolute Gasteiger partial charge is 0.307 e. The summed E-state index contributed by atoms with van der Waals surface area (Å²) >= 11 is 0. The van der Waals surface area contributed by atoms with Gasteiger partial charge in [-0.15, -0.1) is 0 Å². The van der Waals surface area contributed by atoms with Crippen LogP contribution in [0, 0.1) is 5.92 Å². The molecule has 0 saturated carbocycles. The van der Waals surface area contributed by atoms with Crippen LogP contribution < -0.4 is 0 Å². The number of nitrogens with zero attached hydrogens (tertiary/aromatic N) is 2. The molecule has 0 atom stereocenters. The molecule has 1 amide bonds. The maximum absolute atomic E-state index is 12.6. The summed E-state index contributed by atoms with van der Waals surface area (Å²) in [7, 11) is 1.38. The van der Waals surface area contributed by atoms with Gasteiger partial charge in [0.2, 0.25) is 5.91 Å². The molecule has 0 aromatic rings. The van der Waals surface area contributed by atoms with E-state index in [1.165, 1.54) is 7.11 Å². The van der Waals surface area contributed by atoms with Crippen molar-refractivity contribution in [2.24, 2.45) is 5.92 Å². The fourth-order valence-electron chi connectivity index (χ4n) is 2.58. The van der Waals surface area contributed by atoms with Gasteiger partial charge in [-0.2, -0.15) is 0 Å². The quantitative estimate of drug-likeness (QED) is 0.519. The minimum Gasteiger partial charge on any atom is -0.469 e. The van der Waals surface area contributed by atoms with Gasteiger partial charge < -0.3 is 14.5 Å². The number of carbonyl (C=O) groups is 2. The summed E-state index contributed by atoms with van der Waals surface area (Å²) in [5.74, 6) is -0.0226. The second-order valence-electron chi connectivity index (χ2n) is 5.55. The van der Waals surface area contributed by atoms with E-state index in [9.17, 15) is 9.59 Å². The molecule has 0 fully saturated rings. The van der Waals surface area contributed by atoms with Gasteiger partial charge in [0.05, 0.1) is 13.5 Å². The van der Waals surface area contributed by atoms with Crippen LogP contribution in [0.25, 0.3) is 0 Å².